The highest BCUT2D eigenvalue weighted by atomic mass is 15.2. The average Bonchev–Trinajstić information content (AvgIpc) is 2.72. The molecule has 1 aromatic carbocycles. The van der Waals surface area contributed by atoms with Gasteiger partial charge in [-0.2, -0.15) is 10.2 Å². The van der Waals surface area contributed by atoms with Gasteiger partial charge < -0.3 is 0 Å². The van der Waals surface area contributed by atoms with Crippen LogP contribution in [0.2, 0.25) is 0 Å². The van der Waals surface area contributed by atoms with Gasteiger partial charge in [0, 0.05) is 35.6 Å². The molecule has 0 unspecified atom stereocenters. The van der Waals surface area contributed by atoms with Crippen LogP contribution in [0, 0.1) is 5.92 Å². The molecule has 148 valence electrons. The Labute approximate surface area is 173 Å². The molecule has 3 rings (SSSR count). The third kappa shape index (κ3) is 5.92. The summed E-state index contributed by atoms with van der Waals surface area (Å²) < 4.78 is 0. The summed E-state index contributed by atoms with van der Waals surface area (Å²) in [6.45, 7) is 8.37. The van der Waals surface area contributed by atoms with Crippen LogP contribution in [0.1, 0.15) is 55.8 Å². The highest BCUT2D eigenvalue weighted by Gasteiger charge is 2.08. The van der Waals surface area contributed by atoms with Gasteiger partial charge in [0.05, 0.1) is 17.1 Å². The van der Waals surface area contributed by atoms with Crippen LogP contribution in [-0.4, -0.2) is 21.4 Å². The lowest BCUT2D eigenvalue weighted by Gasteiger charge is -2.08. The highest BCUT2D eigenvalue weighted by molar-refractivity contribution is 6.02. The minimum Gasteiger partial charge on any atom is -0.261 e. The molecule has 0 N–H and O–H groups in total. The van der Waals surface area contributed by atoms with Crippen molar-refractivity contribution in [3.05, 3.63) is 95.1 Å². The van der Waals surface area contributed by atoms with Crippen molar-refractivity contribution in [2.24, 2.45) is 16.1 Å². The molecule has 0 bridgehead atoms. The third-order valence-electron chi connectivity index (χ3n) is 4.70. The fourth-order valence-electron chi connectivity index (χ4n) is 3.19. The molecule has 4 nitrogen and oxygen atoms in total. The van der Waals surface area contributed by atoms with Crippen LogP contribution >= 0.6 is 0 Å². The molecule has 4 heteroatoms. The number of nitrogens with zero attached hydrogens (tertiary/aromatic N) is 4. The second-order valence-electron chi connectivity index (χ2n) is 7.66. The van der Waals surface area contributed by atoms with Gasteiger partial charge in [-0.3, -0.25) is 9.97 Å². The van der Waals surface area contributed by atoms with E-state index in [2.05, 4.69) is 70.4 Å². The minimum atomic E-state index is 0.573. The van der Waals surface area contributed by atoms with E-state index < -0.39 is 0 Å². The number of hydrogen-bond acceptors (Lipinski definition) is 4. The van der Waals surface area contributed by atoms with Crippen molar-refractivity contribution in [2.75, 3.05) is 0 Å². The lowest BCUT2D eigenvalue weighted by molar-refractivity contribution is 0.635. The Bertz CT molecular complexity index is 1000. The zero-order valence-electron chi connectivity index (χ0n) is 17.6. The van der Waals surface area contributed by atoms with Crippen molar-refractivity contribution in [1.82, 2.24) is 9.97 Å². The van der Waals surface area contributed by atoms with Gasteiger partial charge in [-0.05, 0) is 56.0 Å². The van der Waals surface area contributed by atoms with Crippen LogP contribution in [-0.2, 0) is 12.8 Å². The molecular weight excluding hydrogens is 356 g/mol. The zero-order chi connectivity index (χ0) is 20.6. The Balaban J connectivity index is 1.82. The molecular formula is C25H28N4. The van der Waals surface area contributed by atoms with Crippen molar-refractivity contribution in [1.29, 1.82) is 0 Å². The zero-order valence-corrected chi connectivity index (χ0v) is 17.6. The van der Waals surface area contributed by atoms with E-state index in [0.717, 1.165) is 46.8 Å². The second kappa shape index (κ2) is 9.87. The predicted octanol–water partition coefficient (Wildman–Crippen LogP) is 5.50. The van der Waals surface area contributed by atoms with Gasteiger partial charge >= 0.3 is 0 Å². The quantitative estimate of drug-likeness (QED) is 0.399. The Kier molecular flexibility index (Phi) is 7.01. The smallest absolute Gasteiger partial charge is 0.0690 e. The van der Waals surface area contributed by atoms with Crippen molar-refractivity contribution in [3.8, 4) is 0 Å². The molecule has 0 radical (unpaired) electrons. The molecule has 0 aliphatic rings. The molecule has 3 aromatic rings. The first-order valence-electron chi connectivity index (χ1n) is 10.0. The maximum Gasteiger partial charge on any atom is 0.0690 e. The van der Waals surface area contributed by atoms with Gasteiger partial charge in [0.1, 0.15) is 0 Å². The van der Waals surface area contributed by atoms with Crippen LogP contribution in [0.15, 0.2) is 77.2 Å². The third-order valence-corrected chi connectivity index (χ3v) is 4.70. The van der Waals surface area contributed by atoms with Gasteiger partial charge in [0.2, 0.25) is 0 Å². The highest BCUT2D eigenvalue weighted by Crippen LogP contribution is 2.14. The van der Waals surface area contributed by atoms with Crippen LogP contribution in [0.5, 0.6) is 0 Å². The maximum absolute atomic E-state index is 4.58. The average molecular weight is 385 g/mol. The second-order valence-corrected chi connectivity index (χ2v) is 7.66. The molecule has 2 heterocycles. The van der Waals surface area contributed by atoms with Crippen molar-refractivity contribution >= 4 is 11.4 Å². The van der Waals surface area contributed by atoms with Crippen molar-refractivity contribution in [3.63, 3.8) is 0 Å². The molecule has 0 fully saturated rings. The molecule has 0 spiro atoms. The standard InChI is InChI=1S/C25H28N4/c1-18(2)15-23-17-22(12-14-26-23)19(3)28-29-20(4)24-11-8-13-27-25(24)16-21-9-6-5-7-10-21/h5-14,17-18H,15-16H2,1-4H3/b28-19+,29-20+. The molecule has 0 amide bonds. The van der Waals surface area contributed by atoms with Crippen molar-refractivity contribution in [2.45, 2.75) is 40.5 Å². The van der Waals surface area contributed by atoms with E-state index in [4.69, 9.17) is 0 Å². The first kappa shape index (κ1) is 20.6. The van der Waals surface area contributed by atoms with Crippen molar-refractivity contribution < 1.29 is 0 Å². The van der Waals surface area contributed by atoms with Crippen LogP contribution < -0.4 is 0 Å². The fourth-order valence-corrected chi connectivity index (χ4v) is 3.19. The van der Waals surface area contributed by atoms with E-state index in [-0.39, 0.29) is 0 Å². The summed E-state index contributed by atoms with van der Waals surface area (Å²) in [7, 11) is 0. The number of pyridine rings is 2. The molecule has 29 heavy (non-hydrogen) atoms. The topological polar surface area (TPSA) is 50.5 Å². The summed E-state index contributed by atoms with van der Waals surface area (Å²) in [5.74, 6) is 0.573. The summed E-state index contributed by atoms with van der Waals surface area (Å²) in [5, 5.41) is 9.00. The van der Waals surface area contributed by atoms with E-state index in [1.807, 2.05) is 44.4 Å². The number of aromatic nitrogens is 2. The lowest BCUT2D eigenvalue weighted by atomic mass is 10.0. The molecule has 0 saturated heterocycles. The predicted molar refractivity (Wildman–Crippen MR) is 121 cm³/mol. The van der Waals surface area contributed by atoms with Gasteiger partial charge in [0.15, 0.2) is 0 Å². The number of hydrogen-bond donors (Lipinski definition) is 0. The molecule has 0 atom stereocenters. The van der Waals surface area contributed by atoms with Crippen LogP contribution in [0.3, 0.4) is 0 Å². The Morgan fingerprint density at radius 3 is 2.38 bits per heavy atom. The molecule has 0 saturated carbocycles. The SMILES string of the molecule is C/C(=N\N=C(/C)c1cccnc1Cc1ccccc1)c1ccnc(CC(C)C)c1. The first-order chi connectivity index (χ1) is 14.0. The summed E-state index contributed by atoms with van der Waals surface area (Å²) in [6.07, 6.45) is 5.41. The largest absolute Gasteiger partial charge is 0.261 e. The summed E-state index contributed by atoms with van der Waals surface area (Å²) in [4.78, 5) is 9.04. The Hall–Kier alpha value is -3.14. The Morgan fingerprint density at radius 1 is 0.862 bits per heavy atom. The fraction of sp³-hybridized carbons (Fsp3) is 0.280. The molecule has 0 aliphatic carbocycles. The van der Waals surface area contributed by atoms with E-state index >= 15 is 0 Å². The first-order valence-corrected chi connectivity index (χ1v) is 10.0. The summed E-state index contributed by atoms with van der Waals surface area (Å²) >= 11 is 0. The normalized spacial score (nSPS) is 12.4. The minimum absolute atomic E-state index is 0.573. The molecule has 2 aromatic heterocycles. The van der Waals surface area contributed by atoms with Gasteiger partial charge in [-0.1, -0.05) is 44.2 Å². The number of rotatable bonds is 7. The van der Waals surface area contributed by atoms with Gasteiger partial charge in [0.25, 0.3) is 0 Å². The molecule has 0 aliphatic heterocycles. The Morgan fingerprint density at radius 2 is 1.62 bits per heavy atom. The van der Waals surface area contributed by atoms with Gasteiger partial charge in [-0.15, -0.1) is 0 Å². The summed E-state index contributed by atoms with van der Waals surface area (Å²) in [6, 6.07) is 18.5. The van der Waals surface area contributed by atoms with Crippen LogP contribution in [0.25, 0.3) is 0 Å². The maximum atomic E-state index is 4.58. The number of benzene rings is 1. The van der Waals surface area contributed by atoms with Gasteiger partial charge in [-0.25, -0.2) is 0 Å². The lowest BCUT2D eigenvalue weighted by Crippen LogP contribution is -2.05. The van der Waals surface area contributed by atoms with E-state index in [9.17, 15) is 0 Å². The van der Waals surface area contributed by atoms with E-state index in [0.29, 0.717) is 5.92 Å². The summed E-state index contributed by atoms with van der Waals surface area (Å²) in [5.41, 5.74) is 7.16. The van der Waals surface area contributed by atoms with Crippen LogP contribution in [0.4, 0.5) is 0 Å². The monoisotopic (exact) mass is 384 g/mol. The van der Waals surface area contributed by atoms with E-state index in [1.54, 1.807) is 0 Å². The van der Waals surface area contributed by atoms with E-state index in [1.165, 1.54) is 5.56 Å².